The van der Waals surface area contributed by atoms with Crippen molar-refractivity contribution in [3.63, 3.8) is 0 Å². The zero-order valence-electron chi connectivity index (χ0n) is 9.23. The fraction of sp³-hybridized carbons (Fsp3) is 0.250. The van der Waals surface area contributed by atoms with Crippen LogP contribution in [0.25, 0.3) is 0 Å². The standard InChI is InChI=1S/C12H12N4/c1-16(2)11-5-3-9(4-6-11)12(15)10(7-13)8-14/h3-6,10,15H,1-2H3. The van der Waals surface area contributed by atoms with Crippen molar-refractivity contribution in [3.8, 4) is 12.1 Å². The smallest absolute Gasteiger partial charge is 0.174 e. The number of nitrogens with zero attached hydrogens (tertiary/aromatic N) is 3. The summed E-state index contributed by atoms with van der Waals surface area (Å²) in [6.07, 6.45) is 0. The van der Waals surface area contributed by atoms with Crippen molar-refractivity contribution in [2.45, 2.75) is 0 Å². The third-order valence-electron chi connectivity index (χ3n) is 2.24. The molecular formula is C12H12N4. The zero-order chi connectivity index (χ0) is 12.1. The average molecular weight is 212 g/mol. The Morgan fingerprint density at radius 3 is 2.06 bits per heavy atom. The maximum Gasteiger partial charge on any atom is 0.174 e. The minimum Gasteiger partial charge on any atom is -0.378 e. The van der Waals surface area contributed by atoms with E-state index in [2.05, 4.69) is 0 Å². The number of hydrogen-bond acceptors (Lipinski definition) is 4. The molecule has 0 fully saturated rings. The summed E-state index contributed by atoms with van der Waals surface area (Å²) in [6, 6.07) is 10.8. The lowest BCUT2D eigenvalue weighted by Crippen LogP contribution is -2.12. The topological polar surface area (TPSA) is 74.7 Å². The minimum atomic E-state index is -0.995. The largest absolute Gasteiger partial charge is 0.378 e. The molecule has 1 aromatic rings. The number of nitriles is 2. The van der Waals surface area contributed by atoms with Gasteiger partial charge in [-0.15, -0.1) is 0 Å². The van der Waals surface area contributed by atoms with Gasteiger partial charge in [-0.05, 0) is 17.7 Å². The van der Waals surface area contributed by atoms with Gasteiger partial charge in [0.25, 0.3) is 0 Å². The van der Waals surface area contributed by atoms with Crippen molar-refractivity contribution in [2.75, 3.05) is 19.0 Å². The zero-order valence-corrected chi connectivity index (χ0v) is 9.23. The second-order valence-electron chi connectivity index (χ2n) is 3.55. The first-order chi connectivity index (χ1) is 7.60. The molecule has 0 aliphatic carbocycles. The highest BCUT2D eigenvalue weighted by molar-refractivity contribution is 6.03. The van der Waals surface area contributed by atoms with Crippen molar-refractivity contribution < 1.29 is 0 Å². The van der Waals surface area contributed by atoms with E-state index in [0.29, 0.717) is 5.56 Å². The third kappa shape index (κ3) is 2.37. The summed E-state index contributed by atoms with van der Waals surface area (Å²) in [5.41, 5.74) is 1.68. The number of rotatable bonds is 3. The number of nitrogens with one attached hydrogen (secondary N) is 1. The maximum absolute atomic E-state index is 8.68. The predicted octanol–water partition coefficient (Wildman–Crippen LogP) is 1.78. The average Bonchev–Trinajstić information content (AvgIpc) is 2.30. The van der Waals surface area contributed by atoms with E-state index in [4.69, 9.17) is 15.9 Å². The fourth-order valence-corrected chi connectivity index (χ4v) is 1.26. The van der Waals surface area contributed by atoms with E-state index >= 15 is 0 Å². The van der Waals surface area contributed by atoms with Crippen LogP contribution in [0.5, 0.6) is 0 Å². The molecule has 0 aromatic heterocycles. The molecule has 0 saturated heterocycles. The van der Waals surface area contributed by atoms with Crippen LogP contribution in [0.4, 0.5) is 5.69 Å². The van der Waals surface area contributed by atoms with Crippen molar-refractivity contribution in [1.29, 1.82) is 15.9 Å². The quantitative estimate of drug-likeness (QED) is 0.776. The maximum atomic E-state index is 8.68. The van der Waals surface area contributed by atoms with E-state index in [1.165, 1.54) is 0 Å². The van der Waals surface area contributed by atoms with E-state index in [1.807, 2.05) is 31.1 Å². The summed E-state index contributed by atoms with van der Waals surface area (Å²) in [7, 11) is 3.85. The first-order valence-electron chi connectivity index (χ1n) is 4.75. The van der Waals surface area contributed by atoms with E-state index < -0.39 is 5.92 Å². The van der Waals surface area contributed by atoms with Gasteiger partial charge in [0.15, 0.2) is 5.92 Å². The lowest BCUT2D eigenvalue weighted by Gasteiger charge is -2.13. The van der Waals surface area contributed by atoms with E-state index in [0.717, 1.165) is 5.69 Å². The Kier molecular flexibility index (Phi) is 3.63. The second kappa shape index (κ2) is 4.95. The Balaban J connectivity index is 2.96. The minimum absolute atomic E-state index is 0.0512. The van der Waals surface area contributed by atoms with Crippen molar-refractivity contribution >= 4 is 11.4 Å². The van der Waals surface area contributed by atoms with E-state index in [-0.39, 0.29) is 5.71 Å². The van der Waals surface area contributed by atoms with Crippen molar-refractivity contribution in [3.05, 3.63) is 29.8 Å². The summed E-state index contributed by atoms with van der Waals surface area (Å²) < 4.78 is 0. The molecule has 1 aromatic carbocycles. The molecule has 0 aliphatic rings. The van der Waals surface area contributed by atoms with Gasteiger partial charge in [-0.1, -0.05) is 12.1 Å². The molecule has 1 N–H and O–H groups in total. The van der Waals surface area contributed by atoms with Crippen LogP contribution in [0, 0.1) is 34.0 Å². The van der Waals surface area contributed by atoms with Gasteiger partial charge in [-0.3, -0.25) is 0 Å². The van der Waals surface area contributed by atoms with Crippen LogP contribution in [-0.4, -0.2) is 19.8 Å². The van der Waals surface area contributed by atoms with Crippen LogP contribution in [0.1, 0.15) is 5.56 Å². The van der Waals surface area contributed by atoms with Gasteiger partial charge in [0.2, 0.25) is 0 Å². The van der Waals surface area contributed by atoms with Crippen LogP contribution < -0.4 is 4.90 Å². The fourth-order valence-electron chi connectivity index (χ4n) is 1.26. The molecule has 80 valence electrons. The van der Waals surface area contributed by atoms with Gasteiger partial charge in [0, 0.05) is 19.8 Å². The summed E-state index contributed by atoms with van der Waals surface area (Å²) >= 11 is 0. The normalized spacial score (nSPS) is 9.31. The predicted molar refractivity (Wildman–Crippen MR) is 62.3 cm³/mol. The molecule has 0 radical (unpaired) electrons. The molecule has 0 spiro atoms. The molecule has 0 amide bonds. The van der Waals surface area contributed by atoms with E-state index in [9.17, 15) is 0 Å². The summed E-state index contributed by atoms with van der Waals surface area (Å²) in [4.78, 5) is 1.94. The van der Waals surface area contributed by atoms with Crippen LogP contribution in [0.2, 0.25) is 0 Å². The SMILES string of the molecule is CN(C)c1ccc(C(=N)C(C#N)C#N)cc1. The van der Waals surface area contributed by atoms with Crippen LogP contribution in [-0.2, 0) is 0 Å². The molecule has 4 nitrogen and oxygen atoms in total. The van der Waals surface area contributed by atoms with Crippen LogP contribution >= 0.6 is 0 Å². The molecule has 1 rings (SSSR count). The van der Waals surface area contributed by atoms with Crippen molar-refractivity contribution in [1.82, 2.24) is 0 Å². The monoisotopic (exact) mass is 212 g/mol. The lowest BCUT2D eigenvalue weighted by atomic mass is 9.99. The summed E-state index contributed by atoms with van der Waals surface area (Å²) in [5, 5.41) is 25.1. The van der Waals surface area contributed by atoms with Crippen molar-refractivity contribution in [2.24, 2.45) is 5.92 Å². The molecular weight excluding hydrogens is 200 g/mol. The van der Waals surface area contributed by atoms with Gasteiger partial charge >= 0.3 is 0 Å². The Labute approximate surface area is 94.9 Å². The molecule has 0 saturated carbocycles. The first kappa shape index (κ1) is 11.7. The Morgan fingerprint density at radius 1 is 1.19 bits per heavy atom. The lowest BCUT2D eigenvalue weighted by molar-refractivity contribution is 1.12. The highest BCUT2D eigenvalue weighted by atomic mass is 15.1. The van der Waals surface area contributed by atoms with Crippen LogP contribution in [0.3, 0.4) is 0 Å². The first-order valence-corrected chi connectivity index (χ1v) is 4.75. The molecule has 0 heterocycles. The molecule has 0 atom stereocenters. The number of anilines is 1. The van der Waals surface area contributed by atoms with Gasteiger partial charge in [0.05, 0.1) is 17.9 Å². The molecule has 0 unspecified atom stereocenters. The van der Waals surface area contributed by atoms with Gasteiger partial charge in [-0.25, -0.2) is 0 Å². The molecule has 16 heavy (non-hydrogen) atoms. The summed E-state index contributed by atoms with van der Waals surface area (Å²) in [5.74, 6) is -0.995. The Bertz CT molecular complexity index is 445. The molecule has 4 heteroatoms. The Hall–Kier alpha value is -2.33. The molecule has 0 aliphatic heterocycles. The molecule has 0 bridgehead atoms. The Morgan fingerprint density at radius 2 is 1.69 bits per heavy atom. The number of benzene rings is 1. The highest BCUT2D eigenvalue weighted by Gasteiger charge is 2.14. The van der Waals surface area contributed by atoms with Gasteiger partial charge < -0.3 is 10.3 Å². The van der Waals surface area contributed by atoms with E-state index in [1.54, 1.807) is 24.3 Å². The summed E-state index contributed by atoms with van der Waals surface area (Å²) in [6.45, 7) is 0. The number of hydrogen-bond donors (Lipinski definition) is 1. The second-order valence-corrected chi connectivity index (χ2v) is 3.55. The van der Waals surface area contributed by atoms with Crippen LogP contribution in [0.15, 0.2) is 24.3 Å². The van der Waals surface area contributed by atoms with Gasteiger partial charge in [0.1, 0.15) is 0 Å². The van der Waals surface area contributed by atoms with Gasteiger partial charge in [-0.2, -0.15) is 10.5 Å². The third-order valence-corrected chi connectivity index (χ3v) is 2.24. The highest BCUT2D eigenvalue weighted by Crippen LogP contribution is 2.14.